The van der Waals surface area contributed by atoms with E-state index >= 15 is 0 Å². The second kappa shape index (κ2) is 6.96. The Labute approximate surface area is 134 Å². The summed E-state index contributed by atoms with van der Waals surface area (Å²) in [4.78, 5) is 2.12. The lowest BCUT2D eigenvalue weighted by Gasteiger charge is -2.25. The van der Waals surface area contributed by atoms with Crippen molar-refractivity contribution in [3.63, 3.8) is 0 Å². The topological polar surface area (TPSA) is 32.7 Å². The number of nitrogens with zero attached hydrogens (tertiary/aromatic N) is 1. The van der Waals surface area contributed by atoms with Crippen LogP contribution in [0, 0.1) is 0 Å². The molecule has 0 saturated heterocycles. The molecule has 112 valence electrons. The van der Waals surface area contributed by atoms with Gasteiger partial charge in [0, 0.05) is 29.3 Å². The molecule has 0 aliphatic heterocycles. The average molecular weight is 350 g/mol. The second-order valence-corrected chi connectivity index (χ2v) is 5.97. The van der Waals surface area contributed by atoms with Crippen molar-refractivity contribution in [2.24, 2.45) is 0 Å². The van der Waals surface area contributed by atoms with Gasteiger partial charge in [-0.2, -0.15) is 0 Å². The zero-order valence-corrected chi connectivity index (χ0v) is 14.1. The van der Waals surface area contributed by atoms with Crippen LogP contribution >= 0.6 is 15.9 Å². The molecular weight excluding hydrogens is 330 g/mol. The van der Waals surface area contributed by atoms with Crippen LogP contribution in [0.1, 0.15) is 24.2 Å². The first-order valence-corrected chi connectivity index (χ1v) is 7.62. The van der Waals surface area contributed by atoms with Crippen molar-refractivity contribution in [1.82, 2.24) is 0 Å². The summed E-state index contributed by atoms with van der Waals surface area (Å²) in [5, 5.41) is 10.1. The monoisotopic (exact) mass is 349 g/mol. The van der Waals surface area contributed by atoms with Gasteiger partial charge in [-0.1, -0.05) is 34.1 Å². The normalized spacial score (nSPS) is 12.0. The van der Waals surface area contributed by atoms with Gasteiger partial charge in [-0.3, -0.25) is 0 Å². The summed E-state index contributed by atoms with van der Waals surface area (Å²) < 4.78 is 6.44. The maximum atomic E-state index is 10.1. The molecule has 0 saturated carbocycles. The number of halogens is 1. The van der Waals surface area contributed by atoms with E-state index in [1.165, 1.54) is 5.56 Å². The van der Waals surface area contributed by atoms with Gasteiger partial charge in [0.25, 0.3) is 0 Å². The summed E-state index contributed by atoms with van der Waals surface area (Å²) in [6.45, 7) is 2.51. The van der Waals surface area contributed by atoms with Crippen LogP contribution in [0.4, 0.5) is 5.69 Å². The molecule has 0 radical (unpaired) electrons. The average Bonchev–Trinajstić information content (AvgIpc) is 2.46. The van der Waals surface area contributed by atoms with E-state index in [4.69, 9.17) is 4.74 Å². The highest BCUT2D eigenvalue weighted by Gasteiger charge is 2.16. The fraction of sp³-hybridized carbons (Fsp3) is 0.294. The van der Waals surface area contributed by atoms with Crippen LogP contribution in [0.2, 0.25) is 0 Å². The Morgan fingerprint density at radius 3 is 2.57 bits per heavy atom. The smallest absolute Gasteiger partial charge is 0.126 e. The summed E-state index contributed by atoms with van der Waals surface area (Å²) in [6.07, 6.45) is -0.582. The molecule has 0 bridgehead atoms. The van der Waals surface area contributed by atoms with Crippen LogP contribution < -0.4 is 9.64 Å². The molecule has 0 aliphatic carbocycles. The number of aliphatic hydroxyl groups excluding tert-OH is 1. The first-order valence-electron chi connectivity index (χ1n) is 6.83. The number of rotatable bonds is 5. The van der Waals surface area contributed by atoms with Crippen molar-refractivity contribution in [2.45, 2.75) is 19.6 Å². The van der Waals surface area contributed by atoms with Crippen LogP contribution in [0.15, 0.2) is 46.9 Å². The minimum atomic E-state index is -0.582. The zero-order chi connectivity index (χ0) is 15.4. The molecule has 2 aromatic carbocycles. The Morgan fingerprint density at radius 2 is 1.95 bits per heavy atom. The first kappa shape index (κ1) is 15.9. The predicted molar refractivity (Wildman–Crippen MR) is 89.9 cm³/mol. The summed E-state index contributed by atoms with van der Waals surface area (Å²) in [6, 6.07) is 14.0. The highest BCUT2D eigenvalue weighted by atomic mass is 79.9. The molecule has 1 atom stereocenters. The zero-order valence-electron chi connectivity index (χ0n) is 12.5. The third kappa shape index (κ3) is 3.77. The van der Waals surface area contributed by atoms with Crippen LogP contribution in [0.3, 0.4) is 0 Å². The molecule has 21 heavy (non-hydrogen) atoms. The summed E-state index contributed by atoms with van der Waals surface area (Å²) in [5.41, 5.74) is 2.99. The molecule has 0 aromatic heterocycles. The summed E-state index contributed by atoms with van der Waals surface area (Å²) in [7, 11) is 3.64. The van der Waals surface area contributed by atoms with Crippen LogP contribution in [0.25, 0.3) is 0 Å². The van der Waals surface area contributed by atoms with E-state index in [2.05, 4.69) is 33.0 Å². The van der Waals surface area contributed by atoms with Crippen molar-refractivity contribution in [3.05, 3.63) is 58.1 Å². The van der Waals surface area contributed by atoms with Gasteiger partial charge in [-0.05, 0) is 36.8 Å². The molecule has 0 fully saturated rings. The van der Waals surface area contributed by atoms with Gasteiger partial charge in [-0.25, -0.2) is 0 Å². The van der Waals surface area contributed by atoms with E-state index in [1.807, 2.05) is 37.4 Å². The van der Waals surface area contributed by atoms with Gasteiger partial charge in [0.2, 0.25) is 0 Å². The Balaban J connectivity index is 2.32. The number of anilines is 1. The van der Waals surface area contributed by atoms with Crippen molar-refractivity contribution in [3.8, 4) is 5.75 Å². The molecule has 3 nitrogen and oxygen atoms in total. The summed E-state index contributed by atoms with van der Waals surface area (Å²) >= 11 is 3.49. The number of aliphatic hydroxyl groups is 1. The number of hydrogen-bond acceptors (Lipinski definition) is 3. The Hall–Kier alpha value is -1.52. The molecule has 0 amide bonds. The van der Waals surface area contributed by atoms with E-state index in [-0.39, 0.29) is 0 Å². The van der Waals surface area contributed by atoms with Crippen LogP contribution in [0.5, 0.6) is 5.75 Å². The van der Waals surface area contributed by atoms with Gasteiger partial charge < -0.3 is 14.7 Å². The lowest BCUT2D eigenvalue weighted by Crippen LogP contribution is -2.19. The fourth-order valence-electron chi connectivity index (χ4n) is 2.46. The third-order valence-corrected chi connectivity index (χ3v) is 3.89. The quantitative estimate of drug-likeness (QED) is 0.880. The van der Waals surface area contributed by atoms with Gasteiger partial charge in [-0.15, -0.1) is 0 Å². The second-order valence-electron chi connectivity index (χ2n) is 5.06. The van der Waals surface area contributed by atoms with Crippen molar-refractivity contribution in [1.29, 1.82) is 0 Å². The maximum absolute atomic E-state index is 10.1. The standard InChI is InChI=1S/C17H20BrNO2/c1-12(20)17-15(8-5-9-16(17)21-3)19(2)11-13-6-4-7-14(18)10-13/h4-10,12,20H,11H2,1-3H3. The van der Waals surface area contributed by atoms with Gasteiger partial charge >= 0.3 is 0 Å². The number of benzene rings is 2. The van der Waals surface area contributed by atoms with Gasteiger partial charge in [0.15, 0.2) is 0 Å². The van der Waals surface area contributed by atoms with Gasteiger partial charge in [0.05, 0.1) is 13.2 Å². The number of ether oxygens (including phenoxy) is 1. The van der Waals surface area contributed by atoms with Crippen molar-refractivity contribution < 1.29 is 9.84 Å². The van der Waals surface area contributed by atoms with E-state index < -0.39 is 6.10 Å². The van der Waals surface area contributed by atoms with Crippen LogP contribution in [-0.4, -0.2) is 19.3 Å². The molecule has 1 N–H and O–H groups in total. The minimum absolute atomic E-state index is 0.582. The molecule has 2 rings (SSSR count). The Kier molecular flexibility index (Phi) is 5.26. The van der Waals surface area contributed by atoms with E-state index in [0.717, 1.165) is 22.3 Å². The van der Waals surface area contributed by atoms with Crippen molar-refractivity contribution in [2.75, 3.05) is 19.1 Å². The summed E-state index contributed by atoms with van der Waals surface area (Å²) in [5.74, 6) is 0.712. The molecular formula is C17H20BrNO2. The predicted octanol–water partition coefficient (Wildman–Crippen LogP) is 4.15. The lowest BCUT2D eigenvalue weighted by molar-refractivity contribution is 0.194. The molecule has 0 spiro atoms. The van der Waals surface area contributed by atoms with E-state index in [0.29, 0.717) is 5.75 Å². The van der Waals surface area contributed by atoms with Crippen LogP contribution in [-0.2, 0) is 6.54 Å². The highest BCUT2D eigenvalue weighted by molar-refractivity contribution is 9.10. The molecule has 2 aromatic rings. The molecule has 0 heterocycles. The van der Waals surface area contributed by atoms with Gasteiger partial charge in [0.1, 0.15) is 5.75 Å². The Bertz CT molecular complexity index is 613. The highest BCUT2D eigenvalue weighted by Crippen LogP contribution is 2.34. The third-order valence-electron chi connectivity index (χ3n) is 3.40. The largest absolute Gasteiger partial charge is 0.496 e. The maximum Gasteiger partial charge on any atom is 0.126 e. The minimum Gasteiger partial charge on any atom is -0.496 e. The lowest BCUT2D eigenvalue weighted by atomic mass is 10.1. The van der Waals surface area contributed by atoms with E-state index in [1.54, 1.807) is 14.0 Å². The van der Waals surface area contributed by atoms with E-state index in [9.17, 15) is 5.11 Å². The Morgan fingerprint density at radius 1 is 1.24 bits per heavy atom. The fourth-order valence-corrected chi connectivity index (χ4v) is 2.90. The first-order chi connectivity index (χ1) is 10.0. The molecule has 0 aliphatic rings. The SMILES string of the molecule is COc1cccc(N(C)Cc2cccc(Br)c2)c1C(C)O. The number of hydrogen-bond donors (Lipinski definition) is 1. The molecule has 4 heteroatoms. The number of methoxy groups -OCH3 is 1. The van der Waals surface area contributed by atoms with Crippen molar-refractivity contribution >= 4 is 21.6 Å². The molecule has 1 unspecified atom stereocenters.